The molecular formula is C29H38F5N3O6. The second-order valence-electron chi connectivity index (χ2n) is 12.1. The van der Waals surface area contributed by atoms with E-state index < -0.39 is 77.1 Å². The molecule has 9 nitrogen and oxygen atoms in total. The average molecular weight is 620 g/mol. The normalized spacial score (nSPS) is 17.9. The molecule has 0 radical (unpaired) electrons. The molecule has 0 aromatic heterocycles. The van der Waals surface area contributed by atoms with Gasteiger partial charge in [-0.2, -0.15) is 22.0 Å². The number of Topliss-reactive ketones (excluding diaryl/α,β-unsaturated/α-hetero) is 1. The number of carbonyl (C=O) groups is 5. The van der Waals surface area contributed by atoms with Gasteiger partial charge in [0.15, 0.2) is 0 Å². The third-order valence-corrected chi connectivity index (χ3v) is 6.78. The third kappa shape index (κ3) is 8.80. The van der Waals surface area contributed by atoms with Gasteiger partial charge in [-0.15, -0.1) is 0 Å². The van der Waals surface area contributed by atoms with E-state index in [0.717, 1.165) is 4.90 Å². The predicted octanol–water partition coefficient (Wildman–Crippen LogP) is 4.29. The van der Waals surface area contributed by atoms with Crippen molar-refractivity contribution in [1.82, 2.24) is 15.5 Å². The Bertz CT molecular complexity index is 1210. The number of ether oxygens (including phenoxy) is 1. The number of alkyl halides is 5. The molecule has 240 valence electrons. The number of rotatable bonds is 10. The maximum absolute atomic E-state index is 14.0. The molecule has 3 amide bonds. The van der Waals surface area contributed by atoms with Crippen molar-refractivity contribution in [3.05, 3.63) is 35.4 Å². The third-order valence-electron chi connectivity index (χ3n) is 6.78. The molecule has 2 N–H and O–H groups in total. The summed E-state index contributed by atoms with van der Waals surface area (Å²) in [4.78, 5) is 64.7. The quantitative estimate of drug-likeness (QED) is 0.296. The molecule has 43 heavy (non-hydrogen) atoms. The smallest absolute Gasteiger partial charge is 0.456 e. The van der Waals surface area contributed by atoms with E-state index in [-0.39, 0.29) is 30.5 Å². The van der Waals surface area contributed by atoms with Crippen LogP contribution in [0, 0.1) is 11.8 Å². The van der Waals surface area contributed by atoms with Crippen molar-refractivity contribution < 1.29 is 50.7 Å². The van der Waals surface area contributed by atoms with E-state index in [0.29, 0.717) is 0 Å². The highest BCUT2D eigenvalue weighted by Gasteiger charge is 2.65. The molecule has 1 aromatic rings. The molecule has 1 aromatic carbocycles. The lowest BCUT2D eigenvalue weighted by Crippen LogP contribution is -2.60. The summed E-state index contributed by atoms with van der Waals surface area (Å²) in [6, 6.07) is 0.952. The zero-order valence-corrected chi connectivity index (χ0v) is 25.1. The van der Waals surface area contributed by atoms with Gasteiger partial charge >= 0.3 is 18.1 Å². The number of halogens is 5. The summed E-state index contributed by atoms with van der Waals surface area (Å²) in [5, 5.41) is 4.63. The summed E-state index contributed by atoms with van der Waals surface area (Å²) in [5.41, 5.74) is -0.428. The number of benzene rings is 1. The number of carbonyl (C=O) groups excluding carboxylic acids is 5. The average Bonchev–Trinajstić information content (AvgIpc) is 3.34. The molecule has 1 unspecified atom stereocenters. The standard InChI is InChI=1S/C29H38F5N3O6/c1-15(2)20(35-23(39)17-10-12-18(13-11-17)26(42)43-27(5,6)7)25(41)36-24(40)19-9-8-14-37(19)21(16(3)4)22(38)28(30,31)29(32,33)34/h10-13,15-16,19-21H,8-9,14H2,1-7H3,(H,35,39)(H,36,40,41)/t19-,20-,21?/m0/s1. The highest BCUT2D eigenvalue weighted by molar-refractivity contribution is 6.04. The van der Waals surface area contributed by atoms with Crippen LogP contribution in [0.25, 0.3) is 0 Å². The van der Waals surface area contributed by atoms with Gasteiger partial charge in [0.05, 0.1) is 17.6 Å². The minimum atomic E-state index is -6.11. The van der Waals surface area contributed by atoms with Crippen LogP contribution in [0.2, 0.25) is 0 Å². The first-order valence-electron chi connectivity index (χ1n) is 13.8. The number of likely N-dealkylation sites (tertiary alicyclic amines) is 1. The Kier molecular flexibility index (Phi) is 11.2. The number of ketones is 1. The lowest BCUT2D eigenvalue weighted by Gasteiger charge is -2.36. The molecule has 3 atom stereocenters. The van der Waals surface area contributed by atoms with E-state index in [1.54, 1.807) is 34.6 Å². The maximum Gasteiger partial charge on any atom is 0.461 e. The number of hydrogen-bond donors (Lipinski definition) is 2. The summed E-state index contributed by atoms with van der Waals surface area (Å²) in [6.07, 6.45) is -5.89. The van der Waals surface area contributed by atoms with Crippen LogP contribution in [0.1, 0.15) is 82.0 Å². The number of imide groups is 1. The van der Waals surface area contributed by atoms with Gasteiger partial charge in [0.1, 0.15) is 11.6 Å². The molecule has 0 spiro atoms. The summed E-state index contributed by atoms with van der Waals surface area (Å²) in [5.74, 6) is -12.7. The van der Waals surface area contributed by atoms with Gasteiger partial charge in [-0.3, -0.25) is 29.4 Å². The second kappa shape index (κ2) is 13.5. The zero-order valence-electron chi connectivity index (χ0n) is 25.1. The Balaban J connectivity index is 2.17. The molecule has 1 aliphatic heterocycles. The monoisotopic (exact) mass is 619 g/mol. The van der Waals surface area contributed by atoms with Gasteiger partial charge in [-0.05, 0) is 76.3 Å². The first-order valence-corrected chi connectivity index (χ1v) is 13.8. The van der Waals surface area contributed by atoms with Gasteiger partial charge in [0.25, 0.3) is 5.91 Å². The second-order valence-corrected chi connectivity index (χ2v) is 12.1. The van der Waals surface area contributed by atoms with E-state index in [1.165, 1.54) is 38.1 Å². The molecule has 1 fully saturated rings. The minimum absolute atomic E-state index is 0.00983. The fourth-order valence-electron chi connectivity index (χ4n) is 4.70. The van der Waals surface area contributed by atoms with Crippen LogP contribution >= 0.6 is 0 Å². The summed E-state index contributed by atoms with van der Waals surface area (Å²) in [7, 11) is 0. The molecule has 0 saturated carbocycles. The van der Waals surface area contributed by atoms with Crippen LogP contribution in [0.5, 0.6) is 0 Å². The van der Waals surface area contributed by atoms with Crippen LogP contribution in [0.3, 0.4) is 0 Å². The Hall–Kier alpha value is -3.42. The predicted molar refractivity (Wildman–Crippen MR) is 145 cm³/mol. The molecule has 1 aliphatic rings. The maximum atomic E-state index is 14.0. The van der Waals surface area contributed by atoms with Crippen molar-refractivity contribution in [2.24, 2.45) is 11.8 Å². The van der Waals surface area contributed by atoms with Crippen molar-refractivity contribution in [2.75, 3.05) is 6.54 Å². The van der Waals surface area contributed by atoms with Gasteiger partial charge in [-0.25, -0.2) is 4.79 Å². The fraction of sp³-hybridized carbons (Fsp3) is 0.621. The van der Waals surface area contributed by atoms with Crippen LogP contribution in [0.15, 0.2) is 24.3 Å². The van der Waals surface area contributed by atoms with Gasteiger partial charge in [0, 0.05) is 5.56 Å². The Morgan fingerprint density at radius 3 is 1.88 bits per heavy atom. The van der Waals surface area contributed by atoms with E-state index in [4.69, 9.17) is 4.74 Å². The first-order chi connectivity index (χ1) is 19.6. The van der Waals surface area contributed by atoms with E-state index in [1.807, 2.05) is 0 Å². The Morgan fingerprint density at radius 1 is 0.884 bits per heavy atom. The minimum Gasteiger partial charge on any atom is -0.456 e. The van der Waals surface area contributed by atoms with Crippen molar-refractivity contribution in [2.45, 2.75) is 97.1 Å². The van der Waals surface area contributed by atoms with Crippen LogP contribution in [-0.4, -0.2) is 76.7 Å². The number of esters is 1. The van der Waals surface area contributed by atoms with Crippen molar-refractivity contribution in [1.29, 1.82) is 0 Å². The number of amides is 3. The first kappa shape index (κ1) is 35.8. The number of nitrogens with zero attached hydrogens (tertiary/aromatic N) is 1. The van der Waals surface area contributed by atoms with Gasteiger partial charge in [-0.1, -0.05) is 27.7 Å². The molecular weight excluding hydrogens is 581 g/mol. The SMILES string of the molecule is CC(C)C(C(=O)C(F)(F)C(F)(F)F)N1CCC[C@H]1C(=O)NC(=O)[C@@H](NC(=O)c1ccc(C(=O)OC(C)(C)C)cc1)C(C)C. The number of hydrogen-bond acceptors (Lipinski definition) is 7. The highest BCUT2D eigenvalue weighted by Crippen LogP contribution is 2.39. The fourth-order valence-corrected chi connectivity index (χ4v) is 4.70. The molecule has 1 saturated heterocycles. The van der Waals surface area contributed by atoms with Crippen molar-refractivity contribution in [3.8, 4) is 0 Å². The summed E-state index contributed by atoms with van der Waals surface area (Å²) >= 11 is 0. The Labute approximate surface area is 246 Å². The summed E-state index contributed by atoms with van der Waals surface area (Å²) < 4.78 is 72.1. The van der Waals surface area contributed by atoms with E-state index in [2.05, 4.69) is 10.6 Å². The van der Waals surface area contributed by atoms with Crippen LogP contribution in [-0.2, 0) is 19.1 Å². The molecule has 14 heteroatoms. The topological polar surface area (TPSA) is 122 Å². The van der Waals surface area contributed by atoms with Crippen molar-refractivity contribution in [3.63, 3.8) is 0 Å². The van der Waals surface area contributed by atoms with Crippen LogP contribution in [0.4, 0.5) is 22.0 Å². The zero-order chi connectivity index (χ0) is 33.1. The molecule has 0 aliphatic carbocycles. The van der Waals surface area contributed by atoms with Gasteiger partial charge < -0.3 is 10.1 Å². The van der Waals surface area contributed by atoms with Gasteiger partial charge in [0.2, 0.25) is 17.6 Å². The van der Waals surface area contributed by atoms with E-state index >= 15 is 0 Å². The molecule has 2 rings (SSSR count). The molecule has 0 bridgehead atoms. The Morgan fingerprint density at radius 2 is 1.42 bits per heavy atom. The van der Waals surface area contributed by atoms with Crippen LogP contribution < -0.4 is 10.6 Å². The summed E-state index contributed by atoms with van der Waals surface area (Å²) in [6.45, 7) is 10.8. The highest BCUT2D eigenvalue weighted by atomic mass is 19.4. The number of nitrogens with one attached hydrogen (secondary N) is 2. The largest absolute Gasteiger partial charge is 0.461 e. The molecule has 1 heterocycles. The lowest BCUT2D eigenvalue weighted by molar-refractivity contribution is -0.271. The van der Waals surface area contributed by atoms with E-state index in [9.17, 15) is 45.9 Å². The lowest BCUT2D eigenvalue weighted by atomic mass is 9.93. The van der Waals surface area contributed by atoms with Crippen molar-refractivity contribution >= 4 is 29.5 Å².